The normalized spacial score (nSPS) is 19.8. The van der Waals surface area contributed by atoms with Crippen LogP contribution in [0, 0.1) is 5.92 Å². The third kappa shape index (κ3) is 3.13. The number of rotatable bonds is 4. The van der Waals surface area contributed by atoms with Crippen LogP contribution in [0.2, 0.25) is 5.02 Å². The zero-order valence-corrected chi connectivity index (χ0v) is 11.5. The molecule has 0 spiro atoms. The highest BCUT2D eigenvalue weighted by molar-refractivity contribution is 6.33. The third-order valence-corrected chi connectivity index (χ3v) is 3.73. The summed E-state index contributed by atoms with van der Waals surface area (Å²) in [7, 11) is 2.02. The zero-order valence-electron chi connectivity index (χ0n) is 10.7. The third-order valence-electron chi connectivity index (χ3n) is 3.32. The topological polar surface area (TPSA) is 51.4 Å². The highest BCUT2D eigenvalue weighted by Crippen LogP contribution is 2.27. The molecule has 1 fully saturated rings. The van der Waals surface area contributed by atoms with E-state index < -0.39 is 0 Å². The summed E-state index contributed by atoms with van der Waals surface area (Å²) in [5.41, 5.74) is 6.59. The molecule has 1 saturated heterocycles. The molecule has 1 atom stereocenters. The molecule has 2 rings (SSSR count). The van der Waals surface area contributed by atoms with Crippen molar-refractivity contribution in [1.82, 2.24) is 4.98 Å². The molecular weight excluding hydrogens is 250 g/mol. The first kappa shape index (κ1) is 13.6. The van der Waals surface area contributed by atoms with Crippen LogP contribution in [0.5, 0.6) is 0 Å². The van der Waals surface area contributed by atoms with Gasteiger partial charge in [0.1, 0.15) is 5.82 Å². The summed E-state index contributed by atoms with van der Waals surface area (Å²) in [5.74, 6) is 1.37. The number of anilines is 1. The quantitative estimate of drug-likeness (QED) is 0.909. The summed E-state index contributed by atoms with van der Waals surface area (Å²) in [5, 5.41) is 0.666. The molecule has 0 radical (unpaired) electrons. The smallest absolute Gasteiger partial charge is 0.147 e. The van der Waals surface area contributed by atoms with Gasteiger partial charge in [-0.2, -0.15) is 0 Å². The molecule has 1 aliphatic rings. The predicted octanol–water partition coefficient (Wildman–Crippen LogP) is 2.06. The van der Waals surface area contributed by atoms with Gasteiger partial charge >= 0.3 is 0 Å². The highest BCUT2D eigenvalue weighted by atomic mass is 35.5. The van der Waals surface area contributed by atoms with Gasteiger partial charge in [-0.3, -0.25) is 0 Å². The van der Waals surface area contributed by atoms with E-state index >= 15 is 0 Å². The van der Waals surface area contributed by atoms with Crippen molar-refractivity contribution >= 4 is 17.4 Å². The summed E-state index contributed by atoms with van der Waals surface area (Å²) >= 11 is 6.31. The van der Waals surface area contributed by atoms with Crippen LogP contribution in [0.15, 0.2) is 12.3 Å². The fourth-order valence-corrected chi connectivity index (χ4v) is 2.65. The van der Waals surface area contributed by atoms with Crippen LogP contribution >= 0.6 is 11.6 Å². The lowest BCUT2D eigenvalue weighted by Gasteiger charge is -2.28. The maximum atomic E-state index is 6.31. The van der Waals surface area contributed by atoms with Crippen molar-refractivity contribution in [3.8, 4) is 0 Å². The molecule has 2 heterocycles. The minimum atomic E-state index is 0.439. The highest BCUT2D eigenvalue weighted by Gasteiger charge is 2.18. The maximum absolute atomic E-state index is 6.31. The number of hydrogen-bond acceptors (Lipinski definition) is 4. The van der Waals surface area contributed by atoms with Crippen LogP contribution in [0.25, 0.3) is 0 Å². The van der Waals surface area contributed by atoms with Crippen molar-refractivity contribution in [2.24, 2.45) is 11.7 Å². The molecule has 5 heteroatoms. The minimum Gasteiger partial charge on any atom is -0.381 e. The SMILES string of the molecule is CN(CC1CCCOC1)c1nccc(CN)c1Cl. The molecule has 0 aliphatic carbocycles. The van der Waals surface area contributed by atoms with Gasteiger partial charge in [-0.15, -0.1) is 0 Å². The molecule has 0 amide bonds. The Morgan fingerprint density at radius 3 is 3.11 bits per heavy atom. The minimum absolute atomic E-state index is 0.439. The molecule has 0 bridgehead atoms. The Hall–Kier alpha value is -0.840. The van der Waals surface area contributed by atoms with Crippen molar-refractivity contribution in [3.63, 3.8) is 0 Å². The van der Waals surface area contributed by atoms with Gasteiger partial charge < -0.3 is 15.4 Å². The summed E-state index contributed by atoms with van der Waals surface area (Å²) in [6.45, 7) is 3.08. The van der Waals surface area contributed by atoms with Crippen LogP contribution in [0.4, 0.5) is 5.82 Å². The fourth-order valence-electron chi connectivity index (χ4n) is 2.32. The number of ether oxygens (including phenoxy) is 1. The summed E-state index contributed by atoms with van der Waals surface area (Å²) < 4.78 is 5.49. The summed E-state index contributed by atoms with van der Waals surface area (Å²) in [6, 6.07) is 1.86. The monoisotopic (exact) mass is 269 g/mol. The van der Waals surface area contributed by atoms with Gasteiger partial charge in [0.05, 0.1) is 11.6 Å². The Labute approximate surface area is 113 Å². The molecule has 1 aromatic heterocycles. The van der Waals surface area contributed by atoms with Crippen molar-refractivity contribution in [2.45, 2.75) is 19.4 Å². The van der Waals surface area contributed by atoms with E-state index in [-0.39, 0.29) is 0 Å². The van der Waals surface area contributed by atoms with Gasteiger partial charge in [-0.1, -0.05) is 11.6 Å². The Balaban J connectivity index is 2.05. The Morgan fingerprint density at radius 1 is 1.61 bits per heavy atom. The van der Waals surface area contributed by atoms with Crippen LogP contribution in [0.3, 0.4) is 0 Å². The Morgan fingerprint density at radius 2 is 2.44 bits per heavy atom. The average molecular weight is 270 g/mol. The summed E-state index contributed by atoms with van der Waals surface area (Å²) in [4.78, 5) is 6.45. The maximum Gasteiger partial charge on any atom is 0.147 e. The molecule has 0 saturated carbocycles. The lowest BCUT2D eigenvalue weighted by molar-refractivity contribution is 0.0576. The molecule has 2 N–H and O–H groups in total. The number of hydrogen-bond donors (Lipinski definition) is 1. The van der Waals surface area contributed by atoms with Gasteiger partial charge in [0.2, 0.25) is 0 Å². The zero-order chi connectivity index (χ0) is 13.0. The lowest BCUT2D eigenvalue weighted by atomic mass is 10.0. The van der Waals surface area contributed by atoms with Crippen LogP contribution in [-0.4, -0.2) is 31.8 Å². The largest absolute Gasteiger partial charge is 0.381 e. The molecular formula is C13H20ClN3O. The number of halogens is 1. The van der Waals surface area contributed by atoms with E-state index in [2.05, 4.69) is 9.88 Å². The van der Waals surface area contributed by atoms with E-state index in [1.54, 1.807) is 6.20 Å². The first-order valence-corrected chi connectivity index (χ1v) is 6.72. The van der Waals surface area contributed by atoms with Crippen LogP contribution in [0.1, 0.15) is 18.4 Å². The first-order chi connectivity index (χ1) is 8.72. The van der Waals surface area contributed by atoms with E-state index in [1.807, 2.05) is 13.1 Å². The van der Waals surface area contributed by atoms with Gasteiger partial charge in [-0.25, -0.2) is 4.98 Å². The second-order valence-corrected chi connectivity index (χ2v) is 5.15. The lowest BCUT2D eigenvalue weighted by Crippen LogP contribution is -2.31. The van der Waals surface area contributed by atoms with E-state index in [4.69, 9.17) is 22.1 Å². The second-order valence-electron chi connectivity index (χ2n) is 4.78. The molecule has 1 aromatic rings. The van der Waals surface area contributed by atoms with E-state index in [0.29, 0.717) is 17.5 Å². The van der Waals surface area contributed by atoms with Gasteiger partial charge in [0.25, 0.3) is 0 Å². The number of nitrogens with zero attached hydrogens (tertiary/aromatic N) is 2. The van der Waals surface area contributed by atoms with Gasteiger partial charge in [0, 0.05) is 32.9 Å². The van der Waals surface area contributed by atoms with Crippen molar-refractivity contribution in [2.75, 3.05) is 31.7 Å². The van der Waals surface area contributed by atoms with Crippen LogP contribution in [-0.2, 0) is 11.3 Å². The number of pyridine rings is 1. The van der Waals surface area contributed by atoms with Gasteiger partial charge in [-0.05, 0) is 30.4 Å². The first-order valence-electron chi connectivity index (χ1n) is 6.34. The average Bonchev–Trinajstić information content (AvgIpc) is 2.40. The fraction of sp³-hybridized carbons (Fsp3) is 0.615. The van der Waals surface area contributed by atoms with Crippen molar-refractivity contribution in [3.05, 3.63) is 22.8 Å². The van der Waals surface area contributed by atoms with Gasteiger partial charge in [0.15, 0.2) is 0 Å². The molecule has 100 valence electrons. The summed E-state index contributed by atoms with van der Waals surface area (Å²) in [6.07, 6.45) is 4.11. The standard InChI is InChI=1S/C13H20ClN3O/c1-17(8-10-3-2-6-18-9-10)13-12(14)11(7-15)4-5-16-13/h4-5,10H,2-3,6-9,15H2,1H3. The van der Waals surface area contributed by atoms with E-state index in [9.17, 15) is 0 Å². The molecule has 1 aliphatic heterocycles. The Kier molecular flexibility index (Phi) is 4.80. The Bertz CT molecular complexity index is 394. The second kappa shape index (κ2) is 6.36. The molecule has 4 nitrogen and oxygen atoms in total. The molecule has 1 unspecified atom stereocenters. The molecule has 18 heavy (non-hydrogen) atoms. The van der Waals surface area contributed by atoms with E-state index in [1.165, 1.54) is 6.42 Å². The van der Waals surface area contributed by atoms with Crippen molar-refractivity contribution < 1.29 is 4.74 Å². The van der Waals surface area contributed by atoms with Crippen LogP contribution < -0.4 is 10.6 Å². The number of nitrogens with two attached hydrogens (primary N) is 1. The molecule has 0 aromatic carbocycles. The predicted molar refractivity (Wildman–Crippen MR) is 74.0 cm³/mol. The van der Waals surface area contributed by atoms with Crippen molar-refractivity contribution in [1.29, 1.82) is 0 Å². The number of aromatic nitrogens is 1. The van der Waals surface area contributed by atoms with E-state index in [0.717, 1.165) is 37.6 Å².